The molecule has 0 radical (unpaired) electrons. The molecule has 0 aliphatic heterocycles. The molecule has 9 rings (SSSR count). The Morgan fingerprint density at radius 3 is 1.23 bits per heavy atom. The Balaban J connectivity index is 0.000000485. The molecular formula is C73H123N13. The van der Waals surface area contributed by atoms with E-state index in [1.807, 2.05) is 50.8 Å². The lowest BCUT2D eigenvalue weighted by Crippen LogP contribution is -2.02. The molecule has 0 saturated carbocycles. The van der Waals surface area contributed by atoms with Crippen LogP contribution in [0.25, 0.3) is 0 Å². The van der Waals surface area contributed by atoms with E-state index in [1.54, 1.807) is 6.33 Å². The first-order chi connectivity index (χ1) is 40.2. The average Bonchev–Trinajstić information content (AvgIpc) is 4.51. The molecule has 480 valence electrons. The van der Waals surface area contributed by atoms with Crippen molar-refractivity contribution in [3.05, 3.63) is 191 Å². The molecule has 86 heavy (non-hydrogen) atoms. The van der Waals surface area contributed by atoms with Gasteiger partial charge < -0.3 is 42.4 Å². The van der Waals surface area contributed by atoms with Gasteiger partial charge in [0.2, 0.25) is 0 Å². The van der Waals surface area contributed by atoms with E-state index in [0.717, 1.165) is 23.9 Å². The summed E-state index contributed by atoms with van der Waals surface area (Å²) in [4.78, 5) is 25.9. The van der Waals surface area contributed by atoms with Crippen LogP contribution in [0.4, 0.5) is 0 Å². The molecule has 0 unspecified atom stereocenters. The summed E-state index contributed by atoms with van der Waals surface area (Å²) in [6, 6.07) is 17.9. The molecule has 9 heterocycles. The summed E-state index contributed by atoms with van der Waals surface area (Å²) in [6.07, 6.45) is 27.6. The maximum absolute atomic E-state index is 4.28. The second kappa shape index (κ2) is 39.8. The highest BCUT2D eigenvalue weighted by Gasteiger charge is 2.08. The van der Waals surface area contributed by atoms with Crippen molar-refractivity contribution in [3.63, 3.8) is 0 Å². The van der Waals surface area contributed by atoms with Gasteiger partial charge in [-0.15, -0.1) is 0 Å². The van der Waals surface area contributed by atoms with E-state index < -0.39 is 0 Å². The van der Waals surface area contributed by atoms with Gasteiger partial charge in [0.15, 0.2) is 0 Å². The van der Waals surface area contributed by atoms with Gasteiger partial charge in [-0.25, -0.2) is 19.9 Å². The summed E-state index contributed by atoms with van der Waals surface area (Å²) in [5.41, 5.74) is 11.8. The minimum absolute atomic E-state index is 0.502. The molecule has 0 aliphatic rings. The van der Waals surface area contributed by atoms with Gasteiger partial charge in [-0.1, -0.05) is 90.0 Å². The minimum Gasteiger partial charge on any atom is -0.352 e. The first-order valence-corrected chi connectivity index (χ1v) is 32.0. The third-order valence-electron chi connectivity index (χ3n) is 14.3. The first kappa shape index (κ1) is 77.3. The Hall–Kier alpha value is -6.76. The maximum Gasteiger partial charge on any atom is 0.108 e. The van der Waals surface area contributed by atoms with Crippen molar-refractivity contribution in [1.82, 2.24) is 62.3 Å². The summed E-state index contributed by atoms with van der Waals surface area (Å²) in [5.74, 6) is 6.58. The number of nitrogens with zero attached hydrogens (tertiary/aromatic N) is 10. The van der Waals surface area contributed by atoms with Gasteiger partial charge in [-0.05, 0) is 199 Å². The third-order valence-corrected chi connectivity index (χ3v) is 14.3. The molecule has 0 saturated heterocycles. The van der Waals surface area contributed by atoms with E-state index in [9.17, 15) is 0 Å². The number of H-pyrrole nitrogens is 3. The van der Waals surface area contributed by atoms with Gasteiger partial charge in [-0.3, -0.25) is 0 Å². The number of rotatable bonds is 12. The van der Waals surface area contributed by atoms with Crippen molar-refractivity contribution in [2.75, 3.05) is 0 Å². The van der Waals surface area contributed by atoms with Crippen LogP contribution >= 0.6 is 0 Å². The number of hydrogen-bond donors (Lipinski definition) is 3. The fraction of sp³-hybridized carbons (Fsp3) is 0.562. The van der Waals surface area contributed by atoms with Crippen LogP contribution in [-0.2, 0) is 13.5 Å². The van der Waals surface area contributed by atoms with Crippen LogP contribution in [0.15, 0.2) is 123 Å². The summed E-state index contributed by atoms with van der Waals surface area (Å²) >= 11 is 0. The number of aromatic amines is 3. The normalized spacial score (nSPS) is 10.9. The van der Waals surface area contributed by atoms with Gasteiger partial charge in [-0.2, -0.15) is 0 Å². The molecule has 0 fully saturated rings. The van der Waals surface area contributed by atoms with Gasteiger partial charge in [0.25, 0.3) is 0 Å². The van der Waals surface area contributed by atoms with E-state index in [0.29, 0.717) is 65.7 Å². The molecule has 0 atom stereocenters. The summed E-state index contributed by atoms with van der Waals surface area (Å²) in [7, 11) is 2.05. The Bertz CT molecular complexity index is 2860. The number of imidazole rings is 4. The summed E-state index contributed by atoms with van der Waals surface area (Å²) < 4.78 is 13.3. The van der Waals surface area contributed by atoms with Crippen molar-refractivity contribution in [2.45, 2.75) is 266 Å². The topological polar surface area (TPSA) is 129 Å². The molecule has 9 aromatic heterocycles. The molecule has 9 aromatic rings. The highest BCUT2D eigenvalue weighted by atomic mass is 15.1. The molecule has 13 heteroatoms. The standard InChI is InChI=1S/C10H17N.C9H16N2.2C9H15N.C8H14N2.C8H13N.C7H12N2.C7H11N.C6H10N2/c1-8(2)10-5-6-11(7-10)9(3)4;1-6(2)8-5-10-9(11-8)7(3)4;1-7(2)10-6-8(3)5-9(10)4;1-4-9-6-5-7-10(9)8(2)3;1-6(2)8-5-9-7(3)10(8)4;1-7(2)9-5-4-8(3)6-9;1-5(2)7-4-8-6(3)9-7;1-7(2)8-5-3-4-6-8;1-5(2)6-3-7-4-8-6/h5-9H,1-4H3;5-7H,1-4H3,(H,10,11);5-7H,1-4H3;5-8H,4H2,1-3H3;5-6H,1-4H3;4-7H,1-3H3;4-5H,1-3H3,(H,8,9);3-7H,1-2H3;3-5H,1-2H3,(H,7,8). The van der Waals surface area contributed by atoms with Crippen molar-refractivity contribution in [2.24, 2.45) is 7.05 Å². The molecular weight excluding hydrogens is 1060 g/mol. The highest BCUT2D eigenvalue weighted by Crippen LogP contribution is 2.19. The maximum atomic E-state index is 4.28. The smallest absolute Gasteiger partial charge is 0.108 e. The Labute approximate surface area is 524 Å². The largest absolute Gasteiger partial charge is 0.352 e. The van der Waals surface area contributed by atoms with E-state index in [2.05, 4.69) is 329 Å². The molecule has 3 N–H and O–H groups in total. The zero-order valence-electron chi connectivity index (χ0n) is 59.6. The fourth-order valence-corrected chi connectivity index (χ4v) is 8.49. The summed E-state index contributed by atoms with van der Waals surface area (Å²) in [6.45, 7) is 60.4. The zero-order valence-corrected chi connectivity index (χ0v) is 59.6. The SMILES string of the molecule is CC(C)c1ccn(C(C)C)c1.CC(C)c1cnc(C(C)C)[nH]1.CC(C)c1cnc[nH]1.CC(C)n1cccc1.CCc1cccn1C(C)C.Cc1cc(C)n(C(C)C)c1.Cc1ccn(C(C)C)c1.Cc1ncc(C(C)C)[nH]1.Cc1ncc(C(C)C)n1C. The van der Waals surface area contributed by atoms with Crippen LogP contribution in [0.5, 0.6) is 0 Å². The fourth-order valence-electron chi connectivity index (χ4n) is 8.49. The highest BCUT2D eigenvalue weighted by molar-refractivity contribution is 5.17. The van der Waals surface area contributed by atoms with Gasteiger partial charge >= 0.3 is 0 Å². The van der Waals surface area contributed by atoms with Crippen LogP contribution in [0, 0.1) is 34.6 Å². The molecule has 0 aromatic carbocycles. The van der Waals surface area contributed by atoms with Crippen molar-refractivity contribution >= 4 is 0 Å². The Morgan fingerprint density at radius 1 is 0.442 bits per heavy atom. The summed E-state index contributed by atoms with van der Waals surface area (Å²) in [5, 5.41) is 0. The molecule has 0 aliphatic carbocycles. The van der Waals surface area contributed by atoms with Gasteiger partial charge in [0.05, 0.1) is 6.33 Å². The van der Waals surface area contributed by atoms with E-state index in [4.69, 9.17) is 0 Å². The van der Waals surface area contributed by atoms with E-state index >= 15 is 0 Å². The molecule has 0 bridgehead atoms. The van der Waals surface area contributed by atoms with Crippen LogP contribution in [0.2, 0.25) is 0 Å². The first-order valence-electron chi connectivity index (χ1n) is 32.0. The average molecular weight is 1180 g/mol. The Morgan fingerprint density at radius 2 is 0.977 bits per heavy atom. The quantitative estimate of drug-likeness (QED) is 0.113. The number of aryl methyl sites for hydroxylation is 6. The van der Waals surface area contributed by atoms with Crippen LogP contribution in [0.3, 0.4) is 0 Å². The predicted molar refractivity (Wildman–Crippen MR) is 371 cm³/mol. The van der Waals surface area contributed by atoms with Crippen LogP contribution < -0.4 is 0 Å². The third kappa shape index (κ3) is 29.1. The molecule has 13 nitrogen and oxygen atoms in total. The number of aromatic nitrogens is 13. The number of nitrogens with one attached hydrogen (secondary N) is 3. The lowest BCUT2D eigenvalue weighted by atomic mass is 10.1. The van der Waals surface area contributed by atoms with Gasteiger partial charge in [0.1, 0.15) is 17.5 Å². The predicted octanol–water partition coefficient (Wildman–Crippen LogP) is 20.8. The lowest BCUT2D eigenvalue weighted by molar-refractivity contribution is 0.579. The monoisotopic (exact) mass is 1180 g/mol. The van der Waals surface area contributed by atoms with E-state index in [1.165, 1.54) is 50.9 Å². The second-order valence-electron chi connectivity index (χ2n) is 25.8. The van der Waals surface area contributed by atoms with Gasteiger partial charge in [0, 0.05) is 152 Å². The zero-order chi connectivity index (χ0) is 65.5. The van der Waals surface area contributed by atoms with Crippen molar-refractivity contribution < 1.29 is 0 Å². The van der Waals surface area contributed by atoms with Crippen molar-refractivity contribution in [1.29, 1.82) is 0 Å². The molecule has 0 amide bonds. The van der Waals surface area contributed by atoms with E-state index in [-0.39, 0.29) is 0 Å². The number of hydrogen-bond acceptors (Lipinski definition) is 4. The Kier molecular flexibility index (Phi) is 35.8. The van der Waals surface area contributed by atoms with Crippen LogP contribution in [-0.4, -0.2) is 62.3 Å². The van der Waals surface area contributed by atoms with Crippen LogP contribution in [0.1, 0.15) is 293 Å². The lowest BCUT2D eigenvalue weighted by Gasteiger charge is -2.10. The molecule has 0 spiro atoms. The minimum atomic E-state index is 0.502. The second-order valence-corrected chi connectivity index (χ2v) is 25.8. The van der Waals surface area contributed by atoms with Crippen molar-refractivity contribution in [3.8, 4) is 0 Å².